The van der Waals surface area contributed by atoms with E-state index in [1.54, 1.807) is 7.05 Å². The molecule has 72 valence electrons. The first-order chi connectivity index (χ1) is 6.02. The Bertz CT molecular complexity index is 346. The van der Waals surface area contributed by atoms with Crippen molar-refractivity contribution >= 4 is 15.9 Å². The van der Waals surface area contributed by atoms with Gasteiger partial charge in [0.1, 0.15) is 4.60 Å². The van der Waals surface area contributed by atoms with Crippen molar-refractivity contribution in [3.05, 3.63) is 15.9 Å². The average Bonchev–Trinajstić information content (AvgIpc) is 2.27. The highest BCUT2D eigenvalue weighted by molar-refractivity contribution is 9.10. The van der Waals surface area contributed by atoms with E-state index in [0.29, 0.717) is 18.5 Å². The van der Waals surface area contributed by atoms with Crippen molar-refractivity contribution in [1.29, 1.82) is 0 Å². The first-order valence-electron chi connectivity index (χ1n) is 4.12. The van der Waals surface area contributed by atoms with E-state index in [4.69, 9.17) is 0 Å². The van der Waals surface area contributed by atoms with Crippen LogP contribution in [-0.2, 0) is 19.4 Å². The van der Waals surface area contributed by atoms with Crippen molar-refractivity contribution in [1.82, 2.24) is 9.78 Å². The molecule has 1 aliphatic rings. The summed E-state index contributed by atoms with van der Waals surface area (Å²) in [5.41, 5.74) is 0.740. The van der Waals surface area contributed by atoms with E-state index in [2.05, 4.69) is 21.0 Å². The molecule has 5 heteroatoms. The minimum absolute atomic E-state index is 0.0652. The lowest BCUT2D eigenvalue weighted by atomic mass is 9.94. The van der Waals surface area contributed by atoms with Crippen LogP contribution >= 0.6 is 15.9 Å². The Morgan fingerprint density at radius 2 is 2.23 bits per heavy atom. The topological polar surface area (TPSA) is 17.8 Å². The number of fused-ring (bicyclic) bond motifs is 1. The van der Waals surface area contributed by atoms with Crippen molar-refractivity contribution in [2.45, 2.75) is 25.2 Å². The SMILES string of the molecule is Cn1nc(Br)c2c1CCCC2(F)F. The maximum absolute atomic E-state index is 13.4. The van der Waals surface area contributed by atoms with E-state index < -0.39 is 5.92 Å². The summed E-state index contributed by atoms with van der Waals surface area (Å²) < 4.78 is 28.6. The first kappa shape index (κ1) is 9.12. The van der Waals surface area contributed by atoms with Crippen molar-refractivity contribution in [2.75, 3.05) is 0 Å². The van der Waals surface area contributed by atoms with Gasteiger partial charge in [0.25, 0.3) is 5.92 Å². The van der Waals surface area contributed by atoms with Crippen LogP contribution in [0.1, 0.15) is 24.1 Å². The van der Waals surface area contributed by atoms with Crippen LogP contribution in [0.15, 0.2) is 4.60 Å². The van der Waals surface area contributed by atoms with Gasteiger partial charge in [-0.1, -0.05) is 0 Å². The van der Waals surface area contributed by atoms with Gasteiger partial charge in [0.05, 0.1) is 5.56 Å². The Hall–Kier alpha value is -0.450. The zero-order valence-electron chi connectivity index (χ0n) is 7.15. The number of aromatic nitrogens is 2. The van der Waals surface area contributed by atoms with Crippen LogP contribution in [0.2, 0.25) is 0 Å². The Labute approximate surface area is 83.1 Å². The molecule has 1 aromatic heterocycles. The third-order valence-electron chi connectivity index (χ3n) is 2.39. The van der Waals surface area contributed by atoms with E-state index in [1.807, 2.05) is 0 Å². The van der Waals surface area contributed by atoms with E-state index in [-0.39, 0.29) is 16.6 Å². The third kappa shape index (κ3) is 1.29. The summed E-state index contributed by atoms with van der Waals surface area (Å²) in [5.74, 6) is -2.71. The molecule has 0 atom stereocenters. The molecule has 1 aliphatic carbocycles. The number of aryl methyl sites for hydroxylation is 1. The van der Waals surface area contributed by atoms with Gasteiger partial charge >= 0.3 is 0 Å². The summed E-state index contributed by atoms with van der Waals surface area (Å²) in [6, 6.07) is 0. The van der Waals surface area contributed by atoms with Crippen molar-refractivity contribution in [3.63, 3.8) is 0 Å². The maximum atomic E-state index is 13.4. The summed E-state index contributed by atoms with van der Waals surface area (Å²) in [4.78, 5) is 0. The first-order valence-corrected chi connectivity index (χ1v) is 4.91. The number of hydrogen-bond donors (Lipinski definition) is 0. The van der Waals surface area contributed by atoms with Gasteiger partial charge in [-0.3, -0.25) is 4.68 Å². The fraction of sp³-hybridized carbons (Fsp3) is 0.625. The smallest absolute Gasteiger partial charge is 0.271 e. The van der Waals surface area contributed by atoms with Crippen LogP contribution < -0.4 is 0 Å². The zero-order chi connectivity index (χ0) is 9.64. The van der Waals surface area contributed by atoms with E-state index >= 15 is 0 Å². The Balaban J connectivity index is 2.62. The number of nitrogens with zero attached hydrogens (tertiary/aromatic N) is 2. The standard InChI is InChI=1S/C8H9BrF2N2/c1-13-5-3-2-4-8(10,11)6(5)7(9)12-13/h2-4H2,1H3. The molecule has 1 heterocycles. The highest BCUT2D eigenvalue weighted by Crippen LogP contribution is 2.43. The van der Waals surface area contributed by atoms with Gasteiger partial charge in [0.2, 0.25) is 0 Å². The molecule has 0 unspecified atom stereocenters. The molecule has 0 radical (unpaired) electrons. The predicted octanol–water partition coefficient (Wildman–Crippen LogP) is 2.61. The summed E-state index contributed by atoms with van der Waals surface area (Å²) in [5, 5.41) is 3.94. The van der Waals surface area contributed by atoms with Crippen LogP contribution in [0.25, 0.3) is 0 Å². The van der Waals surface area contributed by atoms with Crippen LogP contribution in [0.3, 0.4) is 0 Å². The lowest BCUT2D eigenvalue weighted by Crippen LogP contribution is -2.21. The third-order valence-corrected chi connectivity index (χ3v) is 2.95. The van der Waals surface area contributed by atoms with Gasteiger partial charge in [-0.2, -0.15) is 5.10 Å². The molecule has 0 N–H and O–H groups in total. The molecule has 2 rings (SSSR count). The highest BCUT2D eigenvalue weighted by Gasteiger charge is 2.41. The second-order valence-electron chi connectivity index (χ2n) is 3.29. The molecule has 0 bridgehead atoms. The Kier molecular flexibility index (Phi) is 1.94. The van der Waals surface area contributed by atoms with E-state index in [1.165, 1.54) is 4.68 Å². The van der Waals surface area contributed by atoms with Gasteiger partial charge in [0.15, 0.2) is 0 Å². The largest absolute Gasteiger partial charge is 0.277 e. The fourth-order valence-electron chi connectivity index (χ4n) is 1.77. The molecular weight excluding hydrogens is 242 g/mol. The highest BCUT2D eigenvalue weighted by atomic mass is 79.9. The van der Waals surface area contributed by atoms with E-state index in [9.17, 15) is 8.78 Å². The summed E-state index contributed by atoms with van der Waals surface area (Å²) >= 11 is 3.07. The molecule has 1 aromatic rings. The normalized spacial score (nSPS) is 20.0. The number of rotatable bonds is 0. The van der Waals surface area contributed by atoms with Crippen LogP contribution in [0.4, 0.5) is 8.78 Å². The van der Waals surface area contributed by atoms with Gasteiger partial charge < -0.3 is 0 Å². The molecular formula is C8H9BrF2N2. The van der Waals surface area contributed by atoms with Gasteiger partial charge in [0, 0.05) is 19.2 Å². The Morgan fingerprint density at radius 1 is 1.54 bits per heavy atom. The minimum atomic E-state index is -2.71. The molecule has 0 saturated carbocycles. The van der Waals surface area contributed by atoms with Crippen LogP contribution in [-0.4, -0.2) is 9.78 Å². The van der Waals surface area contributed by atoms with Crippen molar-refractivity contribution in [2.24, 2.45) is 7.05 Å². The number of halogens is 3. The number of alkyl halides is 2. The lowest BCUT2D eigenvalue weighted by Gasteiger charge is -2.22. The van der Waals surface area contributed by atoms with Gasteiger partial charge in [-0.15, -0.1) is 0 Å². The van der Waals surface area contributed by atoms with Crippen LogP contribution in [0.5, 0.6) is 0 Å². The van der Waals surface area contributed by atoms with E-state index in [0.717, 1.165) is 0 Å². The molecule has 0 amide bonds. The summed E-state index contributed by atoms with van der Waals surface area (Å²) in [6.45, 7) is 0. The average molecular weight is 251 g/mol. The molecule has 0 spiro atoms. The molecule has 13 heavy (non-hydrogen) atoms. The minimum Gasteiger partial charge on any atom is -0.271 e. The van der Waals surface area contributed by atoms with Crippen molar-refractivity contribution in [3.8, 4) is 0 Å². The lowest BCUT2D eigenvalue weighted by molar-refractivity contribution is -0.0227. The molecule has 0 aromatic carbocycles. The fourth-order valence-corrected chi connectivity index (χ4v) is 2.53. The van der Waals surface area contributed by atoms with Crippen LogP contribution in [0, 0.1) is 0 Å². The quantitative estimate of drug-likeness (QED) is 0.693. The van der Waals surface area contributed by atoms with Gasteiger partial charge in [-0.05, 0) is 28.8 Å². The summed E-state index contributed by atoms with van der Waals surface area (Å²) in [7, 11) is 1.70. The van der Waals surface area contributed by atoms with Gasteiger partial charge in [-0.25, -0.2) is 8.78 Å². The monoisotopic (exact) mass is 250 g/mol. The molecule has 2 nitrogen and oxygen atoms in total. The molecule has 0 fully saturated rings. The zero-order valence-corrected chi connectivity index (χ0v) is 8.74. The predicted molar refractivity (Wildman–Crippen MR) is 47.7 cm³/mol. The Morgan fingerprint density at radius 3 is 2.85 bits per heavy atom. The number of hydrogen-bond acceptors (Lipinski definition) is 1. The second kappa shape index (κ2) is 2.77. The second-order valence-corrected chi connectivity index (χ2v) is 4.05. The van der Waals surface area contributed by atoms with Crippen molar-refractivity contribution < 1.29 is 8.78 Å². The maximum Gasteiger partial charge on any atom is 0.277 e. The summed E-state index contributed by atoms with van der Waals surface area (Å²) in [6.07, 6.45) is 1.16. The molecule has 0 saturated heterocycles. The molecule has 0 aliphatic heterocycles.